The van der Waals surface area contributed by atoms with Gasteiger partial charge in [-0.2, -0.15) is 5.10 Å². The third-order valence-electron chi connectivity index (χ3n) is 4.48. The Morgan fingerprint density at radius 1 is 1.13 bits per heavy atom. The van der Waals surface area contributed by atoms with Crippen LogP contribution in [0.2, 0.25) is 0 Å². The zero-order valence-electron chi connectivity index (χ0n) is 16.2. The summed E-state index contributed by atoms with van der Waals surface area (Å²) in [4.78, 5) is 17.0. The monoisotopic (exact) mass is 462 g/mol. The Hall–Kier alpha value is -3.45. The summed E-state index contributed by atoms with van der Waals surface area (Å²) in [5.41, 5.74) is 6.33. The van der Waals surface area contributed by atoms with E-state index in [1.807, 2.05) is 72.9 Å². The minimum atomic E-state index is -0.322. The molecule has 2 heterocycles. The van der Waals surface area contributed by atoms with Gasteiger partial charge in [0.25, 0.3) is 5.91 Å². The highest BCUT2D eigenvalue weighted by Gasteiger charge is 2.16. The normalized spacial score (nSPS) is 11.1. The third kappa shape index (κ3) is 4.58. The van der Waals surface area contributed by atoms with Gasteiger partial charge in [0.1, 0.15) is 23.7 Å². The van der Waals surface area contributed by atoms with Crippen LogP contribution in [0.4, 0.5) is 0 Å². The largest absolute Gasteiger partial charge is 0.489 e. The second kappa shape index (κ2) is 8.92. The number of carbonyl (C=O) groups is 1. The van der Waals surface area contributed by atoms with Crippen LogP contribution in [0, 0.1) is 6.92 Å². The van der Waals surface area contributed by atoms with Gasteiger partial charge in [-0.3, -0.25) is 9.20 Å². The Kier molecular flexibility index (Phi) is 5.90. The number of aryl methyl sites for hydroxylation is 1. The fourth-order valence-corrected chi connectivity index (χ4v) is 3.36. The van der Waals surface area contributed by atoms with Crippen molar-refractivity contribution in [1.29, 1.82) is 0 Å². The van der Waals surface area contributed by atoms with Crippen LogP contribution < -0.4 is 10.2 Å². The van der Waals surface area contributed by atoms with Crippen molar-refractivity contribution < 1.29 is 9.53 Å². The number of pyridine rings is 1. The quantitative estimate of drug-likeness (QED) is 0.332. The molecule has 0 fully saturated rings. The maximum atomic E-state index is 12.6. The highest BCUT2D eigenvalue weighted by atomic mass is 79.9. The molecule has 150 valence electrons. The molecule has 6 nitrogen and oxygen atoms in total. The van der Waals surface area contributed by atoms with Crippen molar-refractivity contribution in [3.63, 3.8) is 0 Å². The molecule has 7 heteroatoms. The van der Waals surface area contributed by atoms with E-state index in [4.69, 9.17) is 4.74 Å². The van der Waals surface area contributed by atoms with Gasteiger partial charge < -0.3 is 4.74 Å². The second-order valence-electron chi connectivity index (χ2n) is 6.66. The number of hydrazone groups is 1. The lowest BCUT2D eigenvalue weighted by molar-refractivity contribution is 0.0948. The lowest BCUT2D eigenvalue weighted by Gasteiger charge is -2.06. The summed E-state index contributed by atoms with van der Waals surface area (Å²) in [6, 6.07) is 21.2. The van der Waals surface area contributed by atoms with Crippen LogP contribution in [0.15, 0.2) is 82.5 Å². The van der Waals surface area contributed by atoms with Gasteiger partial charge in [-0.25, -0.2) is 10.4 Å². The van der Waals surface area contributed by atoms with Gasteiger partial charge in [0.05, 0.1) is 11.9 Å². The number of halogens is 1. The standard InChI is InChI=1S/C23H19BrN4O2/c1-16-22(28-14-19(24)9-12-21(28)26-16)23(29)27-25-13-17-7-10-20(11-8-17)30-15-18-5-3-2-4-6-18/h2-14H,15H2,1H3,(H,27,29)/b25-13-. The molecule has 1 amide bonds. The fraction of sp³-hybridized carbons (Fsp3) is 0.0870. The molecule has 2 aromatic carbocycles. The lowest BCUT2D eigenvalue weighted by Crippen LogP contribution is -2.20. The number of benzene rings is 2. The molecule has 30 heavy (non-hydrogen) atoms. The Bertz CT molecular complexity index is 1200. The summed E-state index contributed by atoms with van der Waals surface area (Å²) in [6.45, 7) is 2.31. The first-order valence-electron chi connectivity index (χ1n) is 9.34. The molecule has 0 unspecified atom stereocenters. The van der Waals surface area contributed by atoms with Gasteiger partial charge in [0, 0.05) is 10.7 Å². The van der Waals surface area contributed by atoms with E-state index in [-0.39, 0.29) is 5.91 Å². The van der Waals surface area contributed by atoms with E-state index in [9.17, 15) is 4.79 Å². The zero-order valence-corrected chi connectivity index (χ0v) is 17.8. The zero-order chi connectivity index (χ0) is 20.9. The molecule has 2 aromatic heterocycles. The van der Waals surface area contributed by atoms with Crippen LogP contribution in [0.1, 0.15) is 27.3 Å². The van der Waals surface area contributed by atoms with Gasteiger partial charge >= 0.3 is 0 Å². The van der Waals surface area contributed by atoms with Crippen LogP contribution in [0.25, 0.3) is 5.65 Å². The second-order valence-corrected chi connectivity index (χ2v) is 7.58. The van der Waals surface area contributed by atoms with Gasteiger partial charge in [-0.05, 0) is 70.4 Å². The Morgan fingerprint density at radius 3 is 2.67 bits per heavy atom. The first-order chi connectivity index (χ1) is 14.6. The number of nitrogens with zero attached hydrogens (tertiary/aromatic N) is 3. The number of ether oxygens (including phenoxy) is 1. The Balaban J connectivity index is 1.38. The van der Waals surface area contributed by atoms with Crippen LogP contribution in [-0.2, 0) is 6.61 Å². The Labute approximate surface area is 182 Å². The molecule has 0 spiro atoms. The summed E-state index contributed by atoms with van der Waals surface area (Å²) >= 11 is 3.42. The molecule has 0 aliphatic heterocycles. The number of amides is 1. The summed E-state index contributed by atoms with van der Waals surface area (Å²) in [5.74, 6) is 0.448. The summed E-state index contributed by atoms with van der Waals surface area (Å²) in [6.07, 6.45) is 3.40. The molecule has 4 aromatic rings. The Morgan fingerprint density at radius 2 is 1.90 bits per heavy atom. The number of carbonyl (C=O) groups excluding carboxylic acids is 1. The number of rotatable bonds is 6. The topological polar surface area (TPSA) is 68.0 Å². The van der Waals surface area contributed by atoms with Crippen LogP contribution in [-0.4, -0.2) is 21.5 Å². The smallest absolute Gasteiger partial charge is 0.290 e. The van der Waals surface area contributed by atoms with Gasteiger partial charge in [-0.1, -0.05) is 30.3 Å². The average molecular weight is 463 g/mol. The third-order valence-corrected chi connectivity index (χ3v) is 4.95. The van der Waals surface area contributed by atoms with Gasteiger partial charge in [0.15, 0.2) is 0 Å². The van der Waals surface area contributed by atoms with E-state index in [1.54, 1.807) is 17.5 Å². The molecule has 4 rings (SSSR count). The van der Waals surface area contributed by atoms with Crippen LogP contribution in [0.5, 0.6) is 5.75 Å². The first-order valence-corrected chi connectivity index (χ1v) is 10.1. The predicted molar refractivity (Wildman–Crippen MR) is 120 cm³/mol. The first kappa shape index (κ1) is 19.8. The number of hydrogen-bond donors (Lipinski definition) is 1. The van der Waals surface area contributed by atoms with Crippen LogP contribution in [0.3, 0.4) is 0 Å². The highest BCUT2D eigenvalue weighted by molar-refractivity contribution is 9.10. The van der Waals surface area contributed by atoms with Crippen molar-refractivity contribution in [3.05, 3.63) is 99.9 Å². The van der Waals surface area contributed by atoms with E-state index in [1.165, 1.54) is 0 Å². The number of aromatic nitrogens is 2. The number of nitrogens with one attached hydrogen (secondary N) is 1. The van der Waals surface area contributed by atoms with Crippen molar-refractivity contribution in [2.24, 2.45) is 5.10 Å². The number of hydrogen-bond acceptors (Lipinski definition) is 4. The van der Waals surface area contributed by atoms with E-state index < -0.39 is 0 Å². The minimum absolute atomic E-state index is 0.322. The van der Waals surface area contributed by atoms with Gasteiger partial charge in [0.2, 0.25) is 0 Å². The van der Waals surface area contributed by atoms with Crippen LogP contribution >= 0.6 is 15.9 Å². The average Bonchev–Trinajstić information content (AvgIpc) is 3.09. The molecule has 0 radical (unpaired) electrons. The SMILES string of the molecule is Cc1nc2ccc(Br)cn2c1C(=O)N/N=C\c1ccc(OCc2ccccc2)cc1. The number of imidazole rings is 1. The van der Waals surface area contributed by atoms with E-state index in [2.05, 4.69) is 31.4 Å². The number of fused-ring (bicyclic) bond motifs is 1. The molecule has 0 atom stereocenters. The molecule has 0 saturated heterocycles. The molecule has 0 saturated carbocycles. The molecular formula is C23H19BrN4O2. The molecular weight excluding hydrogens is 444 g/mol. The van der Waals surface area contributed by atoms with E-state index in [0.717, 1.165) is 21.3 Å². The van der Waals surface area contributed by atoms with E-state index in [0.29, 0.717) is 23.6 Å². The predicted octanol–water partition coefficient (Wildman–Crippen LogP) is 4.75. The summed E-state index contributed by atoms with van der Waals surface area (Å²) < 4.78 is 8.37. The van der Waals surface area contributed by atoms with Crippen molar-refractivity contribution >= 4 is 33.7 Å². The molecule has 1 N–H and O–H groups in total. The van der Waals surface area contributed by atoms with Gasteiger partial charge in [-0.15, -0.1) is 0 Å². The van der Waals surface area contributed by atoms with E-state index >= 15 is 0 Å². The maximum absolute atomic E-state index is 12.6. The fourth-order valence-electron chi connectivity index (χ4n) is 3.02. The highest BCUT2D eigenvalue weighted by Crippen LogP contribution is 2.17. The summed E-state index contributed by atoms with van der Waals surface area (Å²) in [7, 11) is 0. The molecule has 0 aliphatic carbocycles. The molecule has 0 bridgehead atoms. The van der Waals surface area contributed by atoms with Crippen molar-refractivity contribution in [2.45, 2.75) is 13.5 Å². The minimum Gasteiger partial charge on any atom is -0.489 e. The maximum Gasteiger partial charge on any atom is 0.290 e. The molecule has 0 aliphatic rings. The van der Waals surface area contributed by atoms with Crippen molar-refractivity contribution in [1.82, 2.24) is 14.8 Å². The van der Waals surface area contributed by atoms with Crippen molar-refractivity contribution in [3.8, 4) is 5.75 Å². The van der Waals surface area contributed by atoms with Crippen molar-refractivity contribution in [2.75, 3.05) is 0 Å². The lowest BCUT2D eigenvalue weighted by atomic mass is 10.2. The summed E-state index contributed by atoms with van der Waals surface area (Å²) in [5, 5.41) is 4.07.